The molecule has 0 amide bonds. The fourth-order valence-electron chi connectivity index (χ4n) is 4.96. The van der Waals surface area contributed by atoms with Crippen LogP contribution in [0, 0.1) is 29.6 Å². The van der Waals surface area contributed by atoms with Crippen LogP contribution in [0.15, 0.2) is 48.9 Å². The summed E-state index contributed by atoms with van der Waals surface area (Å²) in [6, 6.07) is 10.8. The molecular weight excluding hydrogens is 344 g/mol. The van der Waals surface area contributed by atoms with Crippen molar-refractivity contribution >= 4 is 6.20 Å². The summed E-state index contributed by atoms with van der Waals surface area (Å²) in [4.78, 5) is 4.33. The number of nitrogens with zero attached hydrogens (tertiary/aromatic N) is 2. The molecule has 3 nitrogen and oxygen atoms in total. The lowest BCUT2D eigenvalue weighted by molar-refractivity contribution is 0.0700. The lowest BCUT2D eigenvalue weighted by Gasteiger charge is -2.34. The second kappa shape index (κ2) is 7.60. The first-order valence-corrected chi connectivity index (χ1v) is 10.7. The van der Waals surface area contributed by atoms with Gasteiger partial charge < -0.3 is 9.67 Å². The van der Waals surface area contributed by atoms with Crippen molar-refractivity contribution in [3.63, 3.8) is 0 Å². The molecule has 0 radical (unpaired) electrons. The Bertz CT molecular complexity index is 891. The van der Waals surface area contributed by atoms with Gasteiger partial charge >= 0.3 is 0 Å². The molecule has 0 saturated heterocycles. The van der Waals surface area contributed by atoms with Crippen molar-refractivity contribution < 1.29 is 5.11 Å². The number of benzene rings is 1. The Kier molecular flexibility index (Phi) is 4.82. The molecule has 3 atom stereocenters. The number of imidazole rings is 1. The molecule has 3 heteroatoms. The highest BCUT2D eigenvalue weighted by Gasteiger charge is 2.34. The Labute approximate surface area is 167 Å². The predicted molar refractivity (Wildman–Crippen MR) is 111 cm³/mol. The Hall–Kier alpha value is -2.31. The molecule has 28 heavy (non-hydrogen) atoms. The topological polar surface area (TPSA) is 38.0 Å². The third-order valence-electron chi connectivity index (χ3n) is 6.87. The Balaban J connectivity index is 1.33. The maximum absolute atomic E-state index is 11.3. The fraction of sp³-hybridized carbons (Fsp3) is 0.480. The van der Waals surface area contributed by atoms with Gasteiger partial charge in [-0.15, -0.1) is 0 Å². The van der Waals surface area contributed by atoms with Gasteiger partial charge in [0.25, 0.3) is 0 Å². The van der Waals surface area contributed by atoms with E-state index in [1.807, 2.05) is 12.5 Å². The van der Waals surface area contributed by atoms with Crippen molar-refractivity contribution in [1.82, 2.24) is 9.55 Å². The summed E-state index contributed by atoms with van der Waals surface area (Å²) in [6.07, 6.45) is 14.6. The van der Waals surface area contributed by atoms with Crippen LogP contribution in [0.4, 0.5) is 0 Å². The van der Waals surface area contributed by atoms with Gasteiger partial charge in [0, 0.05) is 18.3 Å². The number of fused-ring (bicyclic) bond motifs is 1. The molecule has 2 aliphatic carbocycles. The number of aliphatic hydroxyl groups excluding tert-OH is 1. The van der Waals surface area contributed by atoms with Gasteiger partial charge in [-0.25, -0.2) is 4.98 Å². The van der Waals surface area contributed by atoms with E-state index >= 15 is 0 Å². The fourth-order valence-corrected chi connectivity index (χ4v) is 4.96. The van der Waals surface area contributed by atoms with E-state index in [0.717, 1.165) is 31.4 Å². The van der Waals surface area contributed by atoms with Gasteiger partial charge in [-0.1, -0.05) is 48.2 Å². The normalized spacial score (nSPS) is 31.6. The van der Waals surface area contributed by atoms with E-state index in [4.69, 9.17) is 0 Å². The largest absolute Gasteiger partial charge is 0.391 e. The summed E-state index contributed by atoms with van der Waals surface area (Å²) in [5.41, 5.74) is 2.47. The van der Waals surface area contributed by atoms with Crippen molar-refractivity contribution in [2.45, 2.75) is 56.5 Å². The summed E-state index contributed by atoms with van der Waals surface area (Å²) >= 11 is 0. The molecule has 1 N–H and O–H groups in total. The molecule has 2 aromatic rings. The number of allylic oxidation sites excluding steroid dienone is 1. The van der Waals surface area contributed by atoms with E-state index in [-0.39, 0.29) is 5.92 Å². The average molecular weight is 373 g/mol. The van der Waals surface area contributed by atoms with Crippen LogP contribution in [0.25, 0.3) is 6.20 Å². The van der Waals surface area contributed by atoms with E-state index in [2.05, 4.69) is 64.0 Å². The van der Waals surface area contributed by atoms with E-state index in [1.165, 1.54) is 18.4 Å². The van der Waals surface area contributed by atoms with Gasteiger partial charge in [-0.2, -0.15) is 0 Å². The highest BCUT2D eigenvalue weighted by atomic mass is 16.3. The number of rotatable bonds is 4. The minimum atomic E-state index is -0.425. The average Bonchev–Trinajstić information content (AvgIpc) is 3.48. The number of hydrogen-bond donors (Lipinski definition) is 1. The zero-order chi connectivity index (χ0) is 18.9. The molecule has 1 aliphatic heterocycles. The molecule has 2 fully saturated rings. The van der Waals surface area contributed by atoms with Gasteiger partial charge in [-0.3, -0.25) is 0 Å². The highest BCUT2D eigenvalue weighted by Crippen LogP contribution is 2.41. The van der Waals surface area contributed by atoms with Crippen molar-refractivity contribution in [2.24, 2.45) is 17.8 Å². The molecule has 0 spiro atoms. The van der Waals surface area contributed by atoms with Crippen molar-refractivity contribution in [3.05, 3.63) is 60.2 Å². The van der Waals surface area contributed by atoms with E-state index < -0.39 is 6.10 Å². The Morgan fingerprint density at radius 1 is 1.00 bits per heavy atom. The Morgan fingerprint density at radius 3 is 2.54 bits per heavy atom. The Morgan fingerprint density at radius 2 is 1.79 bits per heavy atom. The third-order valence-corrected chi connectivity index (χ3v) is 6.87. The highest BCUT2D eigenvalue weighted by molar-refractivity contribution is 5.38. The molecular formula is C25H28N2O. The smallest absolute Gasteiger partial charge is 0.0989 e. The summed E-state index contributed by atoms with van der Waals surface area (Å²) < 4.78 is 2.06. The van der Waals surface area contributed by atoms with E-state index in [1.54, 1.807) is 0 Å². The molecule has 3 aliphatic rings. The van der Waals surface area contributed by atoms with Gasteiger partial charge in [0.1, 0.15) is 0 Å². The van der Waals surface area contributed by atoms with Gasteiger partial charge in [0.2, 0.25) is 0 Å². The second-order valence-electron chi connectivity index (χ2n) is 8.71. The van der Waals surface area contributed by atoms with Gasteiger partial charge in [0.15, 0.2) is 0 Å². The van der Waals surface area contributed by atoms with Crippen LogP contribution in [-0.2, 0) is 0 Å². The first kappa shape index (κ1) is 17.8. The minimum Gasteiger partial charge on any atom is -0.391 e. The number of hydrogen-bond acceptors (Lipinski definition) is 2. The van der Waals surface area contributed by atoms with Crippen LogP contribution in [0.5, 0.6) is 0 Å². The monoisotopic (exact) mass is 372 g/mol. The molecule has 5 rings (SSSR count). The van der Waals surface area contributed by atoms with Gasteiger partial charge in [0.05, 0.1) is 24.0 Å². The van der Waals surface area contributed by atoms with Crippen LogP contribution in [0.2, 0.25) is 0 Å². The van der Waals surface area contributed by atoms with E-state index in [9.17, 15) is 5.11 Å². The van der Waals surface area contributed by atoms with Gasteiger partial charge in [-0.05, 0) is 61.8 Å². The first-order chi connectivity index (χ1) is 13.8. The van der Waals surface area contributed by atoms with Crippen LogP contribution >= 0.6 is 0 Å². The molecule has 2 saturated carbocycles. The molecule has 3 unspecified atom stereocenters. The van der Waals surface area contributed by atoms with E-state index in [0.29, 0.717) is 23.7 Å². The SMILES string of the molecule is OC(C1CCC(c2ccccc2)CC1)C1C#CC(C2CC2)/C=C\n2cncc21. The molecule has 0 bridgehead atoms. The van der Waals surface area contributed by atoms with Crippen LogP contribution in [0.3, 0.4) is 0 Å². The quantitative estimate of drug-likeness (QED) is 0.782. The van der Waals surface area contributed by atoms with Crippen molar-refractivity contribution in [3.8, 4) is 11.8 Å². The zero-order valence-electron chi connectivity index (χ0n) is 16.2. The maximum atomic E-state index is 11.3. The second-order valence-corrected chi connectivity index (χ2v) is 8.71. The standard InChI is InChI=1S/C25H28N2O/c28-25(22-10-8-19(9-11-22)18-4-2-1-3-5-18)23-13-12-21(20-6-7-20)14-15-27-17-26-16-24(23)27/h1-5,14-17,19-23,25,28H,6-11H2/b15-14-. The summed E-state index contributed by atoms with van der Waals surface area (Å²) in [6.45, 7) is 0. The first-order valence-electron chi connectivity index (χ1n) is 10.7. The zero-order valence-corrected chi connectivity index (χ0v) is 16.2. The third kappa shape index (κ3) is 3.54. The minimum absolute atomic E-state index is 0.146. The molecule has 1 aromatic heterocycles. The number of aromatic nitrogens is 2. The lowest BCUT2D eigenvalue weighted by atomic mass is 9.74. The number of aliphatic hydroxyl groups is 1. The van der Waals surface area contributed by atoms with Crippen LogP contribution in [-0.4, -0.2) is 20.8 Å². The van der Waals surface area contributed by atoms with Crippen molar-refractivity contribution in [1.29, 1.82) is 0 Å². The van der Waals surface area contributed by atoms with Crippen molar-refractivity contribution in [2.75, 3.05) is 0 Å². The molecule has 1 aromatic carbocycles. The van der Waals surface area contributed by atoms with Crippen LogP contribution in [0.1, 0.15) is 61.6 Å². The van der Waals surface area contributed by atoms with Crippen LogP contribution < -0.4 is 0 Å². The predicted octanol–water partition coefficient (Wildman–Crippen LogP) is 4.82. The summed E-state index contributed by atoms with van der Waals surface area (Å²) in [7, 11) is 0. The maximum Gasteiger partial charge on any atom is 0.0989 e. The molecule has 2 heterocycles. The summed E-state index contributed by atoms with van der Waals surface area (Å²) in [5, 5.41) is 11.3. The lowest BCUT2D eigenvalue weighted by Crippen LogP contribution is -2.31. The summed E-state index contributed by atoms with van der Waals surface area (Å²) in [5.74, 6) is 8.75. The molecule has 144 valence electrons.